The van der Waals surface area contributed by atoms with Crippen molar-refractivity contribution in [3.63, 3.8) is 0 Å². The SMILES string of the molecule is COC(=O)[C@H]1CC[C@@H](Nc2ncc(C#N)cc2Cl)C1. The van der Waals surface area contributed by atoms with E-state index < -0.39 is 0 Å². The van der Waals surface area contributed by atoms with Crippen LogP contribution in [0.1, 0.15) is 24.8 Å². The highest BCUT2D eigenvalue weighted by Gasteiger charge is 2.30. The number of carbonyl (C=O) groups is 1. The lowest BCUT2D eigenvalue weighted by molar-refractivity contribution is -0.145. The van der Waals surface area contributed by atoms with Crippen molar-refractivity contribution >= 4 is 23.4 Å². The fourth-order valence-corrected chi connectivity index (χ4v) is 2.51. The Kier molecular flexibility index (Phi) is 4.23. The lowest BCUT2D eigenvalue weighted by Crippen LogP contribution is -2.19. The summed E-state index contributed by atoms with van der Waals surface area (Å²) >= 11 is 6.05. The van der Waals surface area contributed by atoms with Gasteiger partial charge in [-0.1, -0.05) is 11.6 Å². The average Bonchev–Trinajstić information content (AvgIpc) is 2.88. The Hall–Kier alpha value is -1.80. The third-order valence-electron chi connectivity index (χ3n) is 3.28. The molecule has 1 aliphatic carbocycles. The van der Waals surface area contributed by atoms with Crippen LogP contribution in [0.15, 0.2) is 12.3 Å². The van der Waals surface area contributed by atoms with Crippen LogP contribution >= 0.6 is 11.6 Å². The molecule has 1 fully saturated rings. The van der Waals surface area contributed by atoms with Gasteiger partial charge < -0.3 is 10.1 Å². The van der Waals surface area contributed by atoms with Crippen LogP contribution in [0.4, 0.5) is 5.82 Å². The van der Waals surface area contributed by atoms with Crippen molar-refractivity contribution in [2.24, 2.45) is 5.92 Å². The number of nitriles is 1. The molecule has 1 saturated carbocycles. The van der Waals surface area contributed by atoms with Gasteiger partial charge in [-0.2, -0.15) is 5.26 Å². The van der Waals surface area contributed by atoms with Gasteiger partial charge in [0.15, 0.2) is 0 Å². The zero-order valence-electron chi connectivity index (χ0n) is 10.5. The Morgan fingerprint density at radius 1 is 1.63 bits per heavy atom. The first kappa shape index (κ1) is 13.6. The lowest BCUT2D eigenvalue weighted by Gasteiger charge is -2.14. The highest BCUT2D eigenvalue weighted by molar-refractivity contribution is 6.33. The Morgan fingerprint density at radius 3 is 3.05 bits per heavy atom. The second-order valence-electron chi connectivity index (χ2n) is 4.54. The molecule has 1 aromatic heterocycles. The highest BCUT2D eigenvalue weighted by Crippen LogP contribution is 2.30. The molecule has 0 aliphatic heterocycles. The van der Waals surface area contributed by atoms with Crippen molar-refractivity contribution in [3.8, 4) is 6.07 Å². The standard InChI is InChI=1S/C13H14ClN3O2/c1-19-13(18)9-2-3-10(5-9)17-12-11(14)4-8(6-15)7-16-12/h4,7,9-10H,2-3,5H2,1H3,(H,16,17)/t9-,10+/m0/s1. The molecule has 2 atom stereocenters. The van der Waals surface area contributed by atoms with Crippen molar-refractivity contribution in [1.82, 2.24) is 4.98 Å². The Bertz CT molecular complexity index is 527. The number of nitrogens with one attached hydrogen (secondary N) is 1. The Labute approximate surface area is 116 Å². The fourth-order valence-electron chi connectivity index (χ4n) is 2.29. The van der Waals surface area contributed by atoms with Crippen LogP contribution in [0.3, 0.4) is 0 Å². The molecule has 100 valence electrons. The van der Waals surface area contributed by atoms with Crippen molar-refractivity contribution < 1.29 is 9.53 Å². The summed E-state index contributed by atoms with van der Waals surface area (Å²) in [6.45, 7) is 0. The largest absolute Gasteiger partial charge is 0.469 e. The summed E-state index contributed by atoms with van der Waals surface area (Å²) in [4.78, 5) is 15.6. The van der Waals surface area contributed by atoms with Crippen molar-refractivity contribution in [3.05, 3.63) is 22.8 Å². The second kappa shape index (κ2) is 5.89. The molecule has 0 spiro atoms. The number of carbonyl (C=O) groups excluding carboxylic acids is 1. The molecule has 0 unspecified atom stereocenters. The number of nitrogens with zero attached hydrogens (tertiary/aromatic N) is 2. The number of hydrogen-bond donors (Lipinski definition) is 1. The van der Waals surface area contributed by atoms with Gasteiger partial charge in [-0.25, -0.2) is 4.98 Å². The molecule has 0 radical (unpaired) electrons. The maximum atomic E-state index is 11.4. The van der Waals surface area contributed by atoms with E-state index in [0.717, 1.165) is 12.8 Å². The summed E-state index contributed by atoms with van der Waals surface area (Å²) in [5, 5.41) is 12.4. The van der Waals surface area contributed by atoms with Gasteiger partial charge in [0.1, 0.15) is 11.9 Å². The molecule has 0 amide bonds. The van der Waals surface area contributed by atoms with E-state index in [1.165, 1.54) is 13.3 Å². The maximum Gasteiger partial charge on any atom is 0.308 e. The number of rotatable bonds is 3. The lowest BCUT2D eigenvalue weighted by atomic mass is 10.1. The molecule has 1 N–H and O–H groups in total. The van der Waals surface area contributed by atoms with Crippen molar-refractivity contribution in [2.75, 3.05) is 12.4 Å². The smallest absolute Gasteiger partial charge is 0.308 e. The maximum absolute atomic E-state index is 11.4. The van der Waals surface area contributed by atoms with Gasteiger partial charge in [0.05, 0.1) is 23.6 Å². The minimum absolute atomic E-state index is 0.0559. The number of halogens is 1. The summed E-state index contributed by atoms with van der Waals surface area (Å²) in [6, 6.07) is 3.71. The van der Waals surface area contributed by atoms with Gasteiger partial charge in [0, 0.05) is 12.2 Å². The van der Waals surface area contributed by atoms with E-state index in [1.54, 1.807) is 6.07 Å². The Balaban J connectivity index is 2.00. The van der Waals surface area contributed by atoms with E-state index in [0.29, 0.717) is 22.8 Å². The van der Waals surface area contributed by atoms with Gasteiger partial charge in [-0.05, 0) is 25.3 Å². The number of hydrogen-bond acceptors (Lipinski definition) is 5. The van der Waals surface area contributed by atoms with Crippen LogP contribution in [0.2, 0.25) is 5.02 Å². The minimum atomic E-state index is -0.164. The summed E-state index contributed by atoms with van der Waals surface area (Å²) < 4.78 is 4.74. The van der Waals surface area contributed by atoms with Crippen LogP contribution in [0.5, 0.6) is 0 Å². The van der Waals surface area contributed by atoms with E-state index in [4.69, 9.17) is 21.6 Å². The minimum Gasteiger partial charge on any atom is -0.469 e. The van der Waals surface area contributed by atoms with E-state index in [9.17, 15) is 4.79 Å². The monoisotopic (exact) mass is 279 g/mol. The first-order chi connectivity index (χ1) is 9.13. The van der Waals surface area contributed by atoms with Crippen LogP contribution in [-0.2, 0) is 9.53 Å². The quantitative estimate of drug-likeness (QED) is 0.860. The summed E-state index contributed by atoms with van der Waals surface area (Å²) in [6.07, 6.45) is 3.86. The third kappa shape index (κ3) is 3.15. The van der Waals surface area contributed by atoms with Crippen molar-refractivity contribution in [2.45, 2.75) is 25.3 Å². The van der Waals surface area contributed by atoms with Crippen LogP contribution < -0.4 is 5.32 Å². The summed E-state index contributed by atoms with van der Waals surface area (Å²) in [7, 11) is 1.40. The number of methoxy groups -OCH3 is 1. The summed E-state index contributed by atoms with van der Waals surface area (Å²) in [5.41, 5.74) is 0.425. The Morgan fingerprint density at radius 2 is 2.42 bits per heavy atom. The number of esters is 1. The van der Waals surface area contributed by atoms with Crippen LogP contribution in [0, 0.1) is 17.2 Å². The molecule has 2 rings (SSSR count). The number of anilines is 1. The van der Waals surface area contributed by atoms with E-state index in [-0.39, 0.29) is 17.9 Å². The van der Waals surface area contributed by atoms with Crippen LogP contribution in [0.25, 0.3) is 0 Å². The molecule has 5 nitrogen and oxygen atoms in total. The normalized spacial score (nSPS) is 21.7. The third-order valence-corrected chi connectivity index (χ3v) is 3.57. The average molecular weight is 280 g/mol. The molecular formula is C13H14ClN3O2. The first-order valence-corrected chi connectivity index (χ1v) is 6.42. The number of aromatic nitrogens is 1. The van der Waals surface area contributed by atoms with Gasteiger partial charge in [-0.15, -0.1) is 0 Å². The molecule has 1 aliphatic rings. The molecule has 6 heteroatoms. The molecule has 19 heavy (non-hydrogen) atoms. The molecule has 0 bridgehead atoms. The molecule has 1 heterocycles. The molecule has 1 aromatic rings. The number of ether oxygens (including phenoxy) is 1. The van der Waals surface area contributed by atoms with Crippen molar-refractivity contribution in [1.29, 1.82) is 5.26 Å². The van der Waals surface area contributed by atoms with Gasteiger partial charge in [-0.3, -0.25) is 4.79 Å². The van der Waals surface area contributed by atoms with Gasteiger partial charge in [0.25, 0.3) is 0 Å². The van der Waals surface area contributed by atoms with E-state index in [2.05, 4.69) is 10.3 Å². The molecular weight excluding hydrogens is 266 g/mol. The first-order valence-electron chi connectivity index (χ1n) is 6.04. The zero-order valence-corrected chi connectivity index (χ0v) is 11.3. The van der Waals surface area contributed by atoms with Crippen LogP contribution in [-0.4, -0.2) is 24.1 Å². The fraction of sp³-hybridized carbons (Fsp3) is 0.462. The molecule has 0 saturated heterocycles. The highest BCUT2D eigenvalue weighted by atomic mass is 35.5. The second-order valence-corrected chi connectivity index (χ2v) is 4.95. The van der Waals surface area contributed by atoms with Gasteiger partial charge in [0.2, 0.25) is 0 Å². The summed E-state index contributed by atoms with van der Waals surface area (Å²) in [5.74, 6) is 0.332. The van der Waals surface area contributed by atoms with Gasteiger partial charge >= 0.3 is 5.97 Å². The zero-order chi connectivity index (χ0) is 13.8. The topological polar surface area (TPSA) is 75.0 Å². The van der Waals surface area contributed by atoms with E-state index >= 15 is 0 Å². The van der Waals surface area contributed by atoms with E-state index in [1.807, 2.05) is 6.07 Å². The predicted octanol–water partition coefficient (Wildman–Crippen LogP) is 2.36. The molecule has 0 aromatic carbocycles. The predicted molar refractivity (Wildman–Crippen MR) is 70.7 cm³/mol. The number of pyridine rings is 1.